The summed E-state index contributed by atoms with van der Waals surface area (Å²) in [6.07, 6.45) is 62.7. The predicted molar refractivity (Wildman–Crippen MR) is 261 cm³/mol. The maximum Gasteiger partial charge on any atom is 0.306 e. The Morgan fingerprint density at radius 1 is 0.383 bits per heavy atom. The van der Waals surface area contributed by atoms with E-state index in [0.717, 1.165) is 83.5 Å². The average Bonchev–Trinajstić information content (AvgIpc) is 3.25. The number of carbonyl (C=O) groups excluding carboxylic acids is 2. The number of hydrogen-bond acceptors (Lipinski definition) is 5. The summed E-state index contributed by atoms with van der Waals surface area (Å²) >= 11 is 0. The highest BCUT2D eigenvalue weighted by Crippen LogP contribution is 2.16. The molecule has 1 unspecified atom stereocenters. The zero-order chi connectivity index (χ0) is 43.5. The molecule has 350 valence electrons. The molecule has 5 heteroatoms. The first-order valence-corrected chi connectivity index (χ1v) is 26.2. The van der Waals surface area contributed by atoms with E-state index in [9.17, 15) is 9.59 Å². The van der Waals surface area contributed by atoms with Gasteiger partial charge >= 0.3 is 11.9 Å². The minimum absolute atomic E-state index is 0.0794. The van der Waals surface area contributed by atoms with Crippen LogP contribution in [0.15, 0.2) is 48.6 Å². The maximum atomic E-state index is 12.8. The molecule has 0 aliphatic heterocycles. The lowest BCUT2D eigenvalue weighted by atomic mass is 10.0. The average molecular weight is 841 g/mol. The second-order valence-corrected chi connectivity index (χ2v) is 17.4. The molecule has 0 rings (SSSR count). The maximum absolute atomic E-state index is 12.8. The number of allylic oxidation sites excluding steroid dienone is 8. The minimum atomic E-state index is -0.543. The molecule has 0 N–H and O–H groups in total. The lowest BCUT2D eigenvalue weighted by Gasteiger charge is -2.18. The molecule has 0 saturated heterocycles. The summed E-state index contributed by atoms with van der Waals surface area (Å²) in [5.74, 6) is -0.413. The van der Waals surface area contributed by atoms with E-state index in [-0.39, 0.29) is 25.2 Å². The Morgan fingerprint density at radius 3 is 1.20 bits per heavy atom. The van der Waals surface area contributed by atoms with E-state index in [1.807, 2.05) is 0 Å². The lowest BCUT2D eigenvalue weighted by molar-refractivity contribution is -0.163. The molecule has 0 aliphatic rings. The molecule has 0 aromatic rings. The third kappa shape index (κ3) is 48.5. The van der Waals surface area contributed by atoms with Crippen molar-refractivity contribution in [3.63, 3.8) is 0 Å². The molecular weight excluding hydrogens is 741 g/mol. The van der Waals surface area contributed by atoms with Crippen molar-refractivity contribution in [1.82, 2.24) is 0 Å². The van der Waals surface area contributed by atoms with Crippen molar-refractivity contribution in [3.05, 3.63) is 48.6 Å². The highest BCUT2D eigenvalue weighted by Gasteiger charge is 2.17. The van der Waals surface area contributed by atoms with Crippen molar-refractivity contribution >= 4 is 11.9 Å². The van der Waals surface area contributed by atoms with E-state index >= 15 is 0 Å². The van der Waals surface area contributed by atoms with Crippen LogP contribution in [0.4, 0.5) is 0 Å². The van der Waals surface area contributed by atoms with Gasteiger partial charge in [0, 0.05) is 19.4 Å². The molecule has 0 aliphatic carbocycles. The van der Waals surface area contributed by atoms with Crippen LogP contribution in [-0.4, -0.2) is 37.9 Å². The van der Waals surface area contributed by atoms with Gasteiger partial charge in [-0.1, -0.05) is 243 Å². The number of ether oxygens (including phenoxy) is 3. The van der Waals surface area contributed by atoms with Gasteiger partial charge in [-0.15, -0.1) is 0 Å². The molecular formula is C55H100O5. The van der Waals surface area contributed by atoms with E-state index in [4.69, 9.17) is 14.2 Å². The van der Waals surface area contributed by atoms with Gasteiger partial charge in [0.1, 0.15) is 6.61 Å². The van der Waals surface area contributed by atoms with Crippen molar-refractivity contribution < 1.29 is 23.8 Å². The molecule has 0 aromatic carbocycles. The van der Waals surface area contributed by atoms with Crippen LogP contribution in [0.2, 0.25) is 0 Å². The van der Waals surface area contributed by atoms with Gasteiger partial charge in [-0.3, -0.25) is 9.59 Å². The van der Waals surface area contributed by atoms with Crippen LogP contribution in [-0.2, 0) is 23.8 Å². The fraction of sp³-hybridized carbons (Fsp3) is 0.818. The Morgan fingerprint density at radius 2 is 0.750 bits per heavy atom. The van der Waals surface area contributed by atoms with Gasteiger partial charge in [0.2, 0.25) is 0 Å². The monoisotopic (exact) mass is 841 g/mol. The zero-order valence-electron chi connectivity index (χ0n) is 40.2. The number of hydrogen-bond donors (Lipinski definition) is 0. The smallest absolute Gasteiger partial charge is 0.306 e. The standard InChI is InChI=1S/C55H100O5/c1-4-7-10-13-16-19-21-23-25-27-28-30-31-33-35-37-39-42-45-48-54(56)59-52-53(51-58-50-47-44-41-18-15-12-9-6-3)60-55(57)49-46-43-40-38-36-34-32-29-26-24-22-20-17-14-11-8-5-2/h8,11,17,20,24,26,32,34,53H,4-7,9-10,12-16,18-19,21-23,25,27-31,33,35-52H2,1-3H3/b11-8-,20-17-,26-24-,34-32-. The van der Waals surface area contributed by atoms with E-state index in [1.165, 1.54) is 148 Å². The van der Waals surface area contributed by atoms with Crippen LogP contribution in [0.1, 0.15) is 265 Å². The summed E-state index contributed by atoms with van der Waals surface area (Å²) in [4.78, 5) is 25.3. The number of unbranched alkanes of at least 4 members (excludes halogenated alkanes) is 29. The van der Waals surface area contributed by atoms with Gasteiger partial charge in [0.15, 0.2) is 6.10 Å². The first kappa shape index (κ1) is 57.9. The van der Waals surface area contributed by atoms with Gasteiger partial charge in [0.25, 0.3) is 0 Å². The van der Waals surface area contributed by atoms with Crippen molar-refractivity contribution in [2.75, 3.05) is 19.8 Å². The van der Waals surface area contributed by atoms with E-state index in [1.54, 1.807) is 0 Å². The van der Waals surface area contributed by atoms with E-state index in [2.05, 4.69) is 69.4 Å². The quantitative estimate of drug-likeness (QED) is 0.0347. The summed E-state index contributed by atoms with van der Waals surface area (Å²) in [5, 5.41) is 0. The fourth-order valence-corrected chi connectivity index (χ4v) is 7.50. The number of rotatable bonds is 48. The fourth-order valence-electron chi connectivity index (χ4n) is 7.50. The Balaban J connectivity index is 4.15. The normalized spacial score (nSPS) is 12.5. The van der Waals surface area contributed by atoms with Gasteiger partial charge in [-0.05, 0) is 57.8 Å². The van der Waals surface area contributed by atoms with Crippen molar-refractivity contribution in [1.29, 1.82) is 0 Å². The molecule has 0 fully saturated rings. The van der Waals surface area contributed by atoms with Crippen LogP contribution in [0.5, 0.6) is 0 Å². The summed E-state index contributed by atoms with van der Waals surface area (Å²) in [6.45, 7) is 7.71. The molecule has 0 radical (unpaired) electrons. The Labute approximate surface area is 373 Å². The largest absolute Gasteiger partial charge is 0.462 e. The van der Waals surface area contributed by atoms with Gasteiger partial charge in [-0.25, -0.2) is 0 Å². The molecule has 5 nitrogen and oxygen atoms in total. The third-order valence-corrected chi connectivity index (χ3v) is 11.4. The summed E-state index contributed by atoms with van der Waals surface area (Å²) < 4.78 is 17.3. The Bertz CT molecular complexity index is 997. The molecule has 0 spiro atoms. The summed E-state index contributed by atoms with van der Waals surface area (Å²) in [5.41, 5.74) is 0. The molecule has 0 bridgehead atoms. The van der Waals surface area contributed by atoms with Crippen molar-refractivity contribution in [3.8, 4) is 0 Å². The minimum Gasteiger partial charge on any atom is -0.462 e. The lowest BCUT2D eigenvalue weighted by Crippen LogP contribution is -2.30. The first-order valence-electron chi connectivity index (χ1n) is 26.2. The van der Waals surface area contributed by atoms with Crippen LogP contribution >= 0.6 is 0 Å². The third-order valence-electron chi connectivity index (χ3n) is 11.4. The van der Waals surface area contributed by atoms with Crippen LogP contribution < -0.4 is 0 Å². The summed E-state index contributed by atoms with van der Waals surface area (Å²) in [6, 6.07) is 0. The van der Waals surface area contributed by atoms with Crippen LogP contribution in [0, 0.1) is 0 Å². The second kappa shape index (κ2) is 51.2. The van der Waals surface area contributed by atoms with Gasteiger partial charge in [0.05, 0.1) is 6.61 Å². The molecule has 0 aromatic heterocycles. The SMILES string of the molecule is CC/C=C\C/C=C\C/C=C\C/C=C\CCCCCCC(=O)OC(COCCCCCCCCCC)COC(=O)CCCCCCCCCCCCCCCCCCCCC. The van der Waals surface area contributed by atoms with E-state index in [0.29, 0.717) is 19.4 Å². The van der Waals surface area contributed by atoms with Crippen molar-refractivity contribution in [2.45, 2.75) is 271 Å². The topological polar surface area (TPSA) is 61.8 Å². The Kier molecular flexibility index (Phi) is 49.4. The molecule has 1 atom stereocenters. The number of carbonyl (C=O) groups is 2. The number of esters is 2. The van der Waals surface area contributed by atoms with Crippen LogP contribution in [0.25, 0.3) is 0 Å². The predicted octanol–water partition coefficient (Wildman–Crippen LogP) is 17.6. The van der Waals surface area contributed by atoms with E-state index < -0.39 is 6.10 Å². The van der Waals surface area contributed by atoms with Gasteiger partial charge < -0.3 is 14.2 Å². The molecule has 0 amide bonds. The summed E-state index contributed by atoms with van der Waals surface area (Å²) in [7, 11) is 0. The highest BCUT2D eigenvalue weighted by molar-refractivity contribution is 5.70. The zero-order valence-corrected chi connectivity index (χ0v) is 40.2. The second-order valence-electron chi connectivity index (χ2n) is 17.4. The molecule has 0 heterocycles. The van der Waals surface area contributed by atoms with Crippen LogP contribution in [0.3, 0.4) is 0 Å². The van der Waals surface area contributed by atoms with Crippen molar-refractivity contribution in [2.24, 2.45) is 0 Å². The molecule has 0 saturated carbocycles. The van der Waals surface area contributed by atoms with Gasteiger partial charge in [-0.2, -0.15) is 0 Å². The first-order chi connectivity index (χ1) is 29.6. The molecule has 60 heavy (non-hydrogen) atoms. The highest BCUT2D eigenvalue weighted by atomic mass is 16.6. The Hall–Kier alpha value is -2.14.